The first-order chi connectivity index (χ1) is 9.54. The highest BCUT2D eigenvalue weighted by atomic mass is 32.2. The quantitative estimate of drug-likeness (QED) is 0.620. The maximum atomic E-state index is 10.5. The zero-order chi connectivity index (χ0) is 14.4. The van der Waals surface area contributed by atoms with Crippen LogP contribution in [0.1, 0.15) is 24.8 Å². The number of benzene rings is 1. The summed E-state index contributed by atoms with van der Waals surface area (Å²) in [5.41, 5.74) is 2.69. The second kappa shape index (κ2) is 7.02. The number of quaternary nitrogens is 1. The lowest BCUT2D eigenvalue weighted by Crippen LogP contribution is -3.12. The summed E-state index contributed by atoms with van der Waals surface area (Å²) in [6, 6.07) is 10.4. The predicted octanol–water partition coefficient (Wildman–Crippen LogP) is 0.684. The van der Waals surface area contributed by atoms with Gasteiger partial charge >= 0.3 is 0 Å². The molecule has 0 saturated heterocycles. The number of unbranched alkanes of at least 4 members (excludes halogenated alkanes) is 1. The number of nitrogens with one attached hydrogen (secondary N) is 1. The molecule has 0 saturated carbocycles. The molecule has 2 rings (SSSR count). The van der Waals surface area contributed by atoms with Crippen LogP contribution in [0.25, 0.3) is 5.57 Å². The Bertz CT molecular complexity index is 552. The van der Waals surface area contributed by atoms with Crippen molar-refractivity contribution in [1.29, 1.82) is 0 Å². The van der Waals surface area contributed by atoms with E-state index in [4.69, 9.17) is 0 Å². The Morgan fingerprint density at radius 3 is 2.50 bits per heavy atom. The van der Waals surface area contributed by atoms with Crippen molar-refractivity contribution in [2.45, 2.75) is 19.3 Å². The van der Waals surface area contributed by atoms with E-state index < -0.39 is 10.1 Å². The molecule has 0 spiro atoms. The molecule has 1 atom stereocenters. The van der Waals surface area contributed by atoms with Crippen LogP contribution in [0.2, 0.25) is 0 Å². The third-order valence-corrected chi connectivity index (χ3v) is 4.49. The molecule has 0 amide bonds. The van der Waals surface area contributed by atoms with Crippen LogP contribution in [0.15, 0.2) is 36.4 Å². The van der Waals surface area contributed by atoms with Crippen molar-refractivity contribution in [1.82, 2.24) is 0 Å². The summed E-state index contributed by atoms with van der Waals surface area (Å²) in [4.78, 5) is 1.47. The van der Waals surface area contributed by atoms with Gasteiger partial charge < -0.3 is 9.45 Å². The van der Waals surface area contributed by atoms with E-state index in [0.717, 1.165) is 32.5 Å². The zero-order valence-electron chi connectivity index (χ0n) is 11.5. The number of hydrogen-bond donors (Lipinski definition) is 1. The molecule has 20 heavy (non-hydrogen) atoms. The van der Waals surface area contributed by atoms with Crippen LogP contribution < -0.4 is 4.90 Å². The topological polar surface area (TPSA) is 61.6 Å². The molecule has 110 valence electrons. The summed E-state index contributed by atoms with van der Waals surface area (Å²) < 4.78 is 31.5. The van der Waals surface area contributed by atoms with Crippen LogP contribution in [0.4, 0.5) is 0 Å². The van der Waals surface area contributed by atoms with E-state index in [2.05, 4.69) is 30.3 Å². The van der Waals surface area contributed by atoms with Crippen LogP contribution in [0.5, 0.6) is 0 Å². The number of hydrogen-bond acceptors (Lipinski definition) is 3. The normalized spacial score (nSPS) is 19.6. The lowest BCUT2D eigenvalue weighted by atomic mass is 9.99. The lowest BCUT2D eigenvalue weighted by molar-refractivity contribution is -0.895. The van der Waals surface area contributed by atoms with Crippen molar-refractivity contribution in [3.63, 3.8) is 0 Å². The van der Waals surface area contributed by atoms with Gasteiger partial charge in [-0.3, -0.25) is 0 Å². The highest BCUT2D eigenvalue weighted by Gasteiger charge is 2.15. The molecule has 0 fully saturated rings. The Morgan fingerprint density at radius 1 is 1.15 bits per heavy atom. The monoisotopic (exact) mass is 295 g/mol. The summed E-state index contributed by atoms with van der Waals surface area (Å²) >= 11 is 0. The van der Waals surface area contributed by atoms with Gasteiger partial charge in [0.25, 0.3) is 0 Å². The van der Waals surface area contributed by atoms with Crippen LogP contribution in [-0.4, -0.2) is 38.4 Å². The smallest absolute Gasteiger partial charge is 0.0964 e. The molecular weight excluding hydrogens is 274 g/mol. The second-order valence-electron chi connectivity index (χ2n) is 5.27. The van der Waals surface area contributed by atoms with Crippen LogP contribution in [0, 0.1) is 0 Å². The second-order valence-corrected chi connectivity index (χ2v) is 6.79. The van der Waals surface area contributed by atoms with E-state index in [0.29, 0.717) is 6.42 Å². The minimum absolute atomic E-state index is 0.231. The fourth-order valence-corrected chi connectivity index (χ4v) is 3.14. The number of rotatable bonds is 6. The van der Waals surface area contributed by atoms with Gasteiger partial charge in [0, 0.05) is 12.2 Å². The largest absolute Gasteiger partial charge is 0.748 e. The first kappa shape index (κ1) is 15.2. The molecule has 1 aromatic rings. The Labute approximate surface area is 120 Å². The minimum Gasteiger partial charge on any atom is -0.748 e. The van der Waals surface area contributed by atoms with Crippen molar-refractivity contribution in [3.05, 3.63) is 42.0 Å². The van der Waals surface area contributed by atoms with Gasteiger partial charge in [0.05, 0.1) is 29.8 Å². The molecule has 0 aromatic heterocycles. The van der Waals surface area contributed by atoms with Crippen LogP contribution >= 0.6 is 0 Å². The molecule has 0 aliphatic carbocycles. The molecule has 5 heteroatoms. The Kier molecular flexibility index (Phi) is 5.34. The summed E-state index contributed by atoms with van der Waals surface area (Å²) in [6.07, 6.45) is 4.60. The van der Waals surface area contributed by atoms with Crippen molar-refractivity contribution in [2.75, 3.05) is 25.4 Å². The third-order valence-electron chi connectivity index (χ3n) is 3.70. The fraction of sp³-hybridized carbons (Fsp3) is 0.467. The molecule has 4 nitrogen and oxygen atoms in total. The standard InChI is InChI=1S/C15H21NO3S/c17-20(18,19)13-5-4-10-16-11-8-15(9-12-16)14-6-2-1-3-7-14/h1-3,6-8H,4-5,9-13H2,(H,17,18,19). The van der Waals surface area contributed by atoms with E-state index in [-0.39, 0.29) is 5.75 Å². The summed E-state index contributed by atoms with van der Waals surface area (Å²) in [7, 11) is -4.04. The van der Waals surface area contributed by atoms with Crippen molar-refractivity contribution >= 4 is 15.7 Å². The Morgan fingerprint density at radius 2 is 1.90 bits per heavy atom. The van der Waals surface area contributed by atoms with E-state index >= 15 is 0 Å². The maximum Gasteiger partial charge on any atom is 0.0964 e. The fourth-order valence-electron chi connectivity index (χ4n) is 2.58. The van der Waals surface area contributed by atoms with Gasteiger partial charge in [0.2, 0.25) is 0 Å². The van der Waals surface area contributed by atoms with Gasteiger partial charge in [0.15, 0.2) is 0 Å². The van der Waals surface area contributed by atoms with Gasteiger partial charge in [-0.2, -0.15) is 0 Å². The third kappa shape index (κ3) is 5.07. The van der Waals surface area contributed by atoms with Gasteiger partial charge in [-0.1, -0.05) is 30.3 Å². The summed E-state index contributed by atoms with van der Waals surface area (Å²) in [6.45, 7) is 2.99. The summed E-state index contributed by atoms with van der Waals surface area (Å²) in [5.74, 6) is -0.231. The highest BCUT2D eigenvalue weighted by Crippen LogP contribution is 2.17. The molecule has 0 radical (unpaired) electrons. The molecule has 1 heterocycles. The molecule has 0 bridgehead atoms. The van der Waals surface area contributed by atoms with E-state index in [1.165, 1.54) is 16.0 Å². The van der Waals surface area contributed by atoms with Gasteiger partial charge in [0.1, 0.15) is 0 Å². The van der Waals surface area contributed by atoms with Crippen molar-refractivity contribution in [3.8, 4) is 0 Å². The lowest BCUT2D eigenvalue weighted by Gasteiger charge is -2.23. The average Bonchev–Trinajstić information content (AvgIpc) is 2.44. The maximum absolute atomic E-state index is 10.5. The van der Waals surface area contributed by atoms with Gasteiger partial charge in [-0.15, -0.1) is 0 Å². The average molecular weight is 295 g/mol. The molecule has 1 aliphatic rings. The van der Waals surface area contributed by atoms with E-state index in [1.54, 1.807) is 0 Å². The Balaban J connectivity index is 1.75. The van der Waals surface area contributed by atoms with Crippen molar-refractivity contribution < 1.29 is 17.9 Å². The Hall–Kier alpha value is -1.17. The van der Waals surface area contributed by atoms with Crippen LogP contribution in [-0.2, 0) is 10.1 Å². The molecule has 1 aliphatic heterocycles. The summed E-state index contributed by atoms with van der Waals surface area (Å²) in [5, 5.41) is 0. The SMILES string of the molecule is O=S(=O)([O-])CCCC[NH+]1CC=C(c2ccccc2)CC1. The molecule has 1 aromatic carbocycles. The first-order valence-corrected chi connectivity index (χ1v) is 8.64. The predicted molar refractivity (Wildman–Crippen MR) is 78.4 cm³/mol. The zero-order valence-corrected chi connectivity index (χ0v) is 12.4. The van der Waals surface area contributed by atoms with Gasteiger partial charge in [-0.05, 0) is 30.1 Å². The molecule has 1 unspecified atom stereocenters. The molecule has 1 N–H and O–H groups in total. The molecular formula is C15H21NO3S. The van der Waals surface area contributed by atoms with E-state index in [1.807, 2.05) is 6.07 Å². The minimum atomic E-state index is -4.04. The first-order valence-electron chi connectivity index (χ1n) is 7.06. The highest BCUT2D eigenvalue weighted by molar-refractivity contribution is 7.85. The van der Waals surface area contributed by atoms with Crippen LogP contribution in [0.3, 0.4) is 0 Å². The van der Waals surface area contributed by atoms with Crippen molar-refractivity contribution in [2.24, 2.45) is 0 Å². The van der Waals surface area contributed by atoms with Gasteiger partial charge in [-0.25, -0.2) is 8.42 Å². The van der Waals surface area contributed by atoms with E-state index in [9.17, 15) is 13.0 Å².